The summed E-state index contributed by atoms with van der Waals surface area (Å²) in [4.78, 5) is 17.9. The standard InChI is InChI=1S/C16H16BrN3O2/c1-16(2,3)22-15(21)20(9-8-18)13-10-11-6-4-5-7-12(11)14(17)19-13/h4-7,10H,9H2,1-3H3. The number of benzene rings is 1. The lowest BCUT2D eigenvalue weighted by Crippen LogP contribution is -2.37. The summed E-state index contributed by atoms with van der Waals surface area (Å²) in [5, 5.41) is 10.8. The molecule has 0 radical (unpaired) electrons. The van der Waals surface area contributed by atoms with Crippen LogP contribution in [0.25, 0.3) is 10.8 Å². The number of hydrogen-bond donors (Lipinski definition) is 0. The van der Waals surface area contributed by atoms with Crippen LogP contribution in [0.3, 0.4) is 0 Å². The molecule has 0 fully saturated rings. The maximum Gasteiger partial charge on any atom is 0.416 e. The number of rotatable bonds is 2. The van der Waals surface area contributed by atoms with Gasteiger partial charge >= 0.3 is 6.09 Å². The highest BCUT2D eigenvalue weighted by Crippen LogP contribution is 2.27. The Morgan fingerprint density at radius 3 is 2.73 bits per heavy atom. The van der Waals surface area contributed by atoms with E-state index in [-0.39, 0.29) is 6.54 Å². The molecule has 0 N–H and O–H groups in total. The van der Waals surface area contributed by atoms with Crippen LogP contribution in [0, 0.1) is 11.3 Å². The van der Waals surface area contributed by atoms with Crippen molar-refractivity contribution in [3.05, 3.63) is 34.9 Å². The Balaban J connectivity index is 2.45. The molecule has 0 atom stereocenters. The van der Waals surface area contributed by atoms with Gasteiger partial charge in [0, 0.05) is 5.39 Å². The van der Waals surface area contributed by atoms with E-state index in [1.54, 1.807) is 26.8 Å². The Labute approximate surface area is 137 Å². The summed E-state index contributed by atoms with van der Waals surface area (Å²) in [5.41, 5.74) is -0.640. The lowest BCUT2D eigenvalue weighted by atomic mass is 10.2. The lowest BCUT2D eigenvalue weighted by Gasteiger charge is -2.25. The number of amides is 1. The third kappa shape index (κ3) is 3.74. The molecule has 1 aromatic heterocycles. The number of nitrogens with zero attached hydrogens (tertiary/aromatic N) is 3. The molecule has 114 valence electrons. The maximum atomic E-state index is 12.3. The van der Waals surface area contributed by atoms with Gasteiger partial charge in [-0.25, -0.2) is 14.7 Å². The number of anilines is 1. The average Bonchev–Trinajstić information content (AvgIpc) is 2.42. The Morgan fingerprint density at radius 2 is 2.09 bits per heavy atom. The molecule has 2 rings (SSSR count). The van der Waals surface area contributed by atoms with Crippen molar-refractivity contribution in [1.29, 1.82) is 5.26 Å². The fourth-order valence-corrected chi connectivity index (χ4v) is 2.45. The van der Waals surface area contributed by atoms with Crippen LogP contribution in [0.2, 0.25) is 0 Å². The van der Waals surface area contributed by atoms with Gasteiger partial charge in [-0.05, 0) is 48.2 Å². The van der Waals surface area contributed by atoms with Crippen molar-refractivity contribution < 1.29 is 9.53 Å². The Morgan fingerprint density at radius 1 is 1.41 bits per heavy atom. The van der Waals surface area contributed by atoms with Crippen LogP contribution in [0.5, 0.6) is 0 Å². The summed E-state index contributed by atoms with van der Waals surface area (Å²) in [6.07, 6.45) is -0.594. The Hall–Kier alpha value is -2.13. The van der Waals surface area contributed by atoms with Crippen LogP contribution in [-0.2, 0) is 4.74 Å². The van der Waals surface area contributed by atoms with E-state index in [1.807, 2.05) is 30.3 Å². The summed E-state index contributed by atoms with van der Waals surface area (Å²) in [7, 11) is 0. The number of ether oxygens (including phenoxy) is 1. The third-order valence-corrected chi connectivity index (χ3v) is 3.40. The van der Waals surface area contributed by atoms with Crippen molar-refractivity contribution in [1.82, 2.24) is 4.98 Å². The second kappa shape index (κ2) is 6.32. The highest BCUT2D eigenvalue weighted by molar-refractivity contribution is 9.10. The zero-order valence-electron chi connectivity index (χ0n) is 12.6. The molecular formula is C16H16BrN3O2. The summed E-state index contributed by atoms with van der Waals surface area (Å²) >= 11 is 3.40. The largest absolute Gasteiger partial charge is 0.443 e. The highest BCUT2D eigenvalue weighted by atomic mass is 79.9. The first-order valence-corrected chi connectivity index (χ1v) is 7.54. The molecule has 0 spiro atoms. The van der Waals surface area contributed by atoms with Crippen LogP contribution < -0.4 is 4.90 Å². The van der Waals surface area contributed by atoms with Gasteiger partial charge in [0.15, 0.2) is 0 Å². The third-order valence-electron chi connectivity index (χ3n) is 2.80. The first-order chi connectivity index (χ1) is 10.3. The minimum absolute atomic E-state index is 0.132. The van der Waals surface area contributed by atoms with Crippen LogP contribution in [0.15, 0.2) is 34.9 Å². The molecule has 0 aliphatic rings. The van der Waals surface area contributed by atoms with Gasteiger partial charge in [-0.1, -0.05) is 24.3 Å². The second-order valence-electron chi connectivity index (χ2n) is 5.72. The van der Waals surface area contributed by atoms with Gasteiger partial charge in [-0.2, -0.15) is 5.26 Å². The predicted octanol–water partition coefficient (Wildman–Crippen LogP) is 4.26. The van der Waals surface area contributed by atoms with Crippen molar-refractivity contribution in [3.8, 4) is 6.07 Å². The fourth-order valence-electron chi connectivity index (χ4n) is 1.91. The molecule has 0 aliphatic carbocycles. The quantitative estimate of drug-likeness (QED) is 0.591. The molecule has 2 aromatic rings. The number of hydrogen-bond acceptors (Lipinski definition) is 4. The molecule has 0 saturated carbocycles. The topological polar surface area (TPSA) is 66.2 Å². The van der Waals surface area contributed by atoms with Gasteiger partial charge in [-0.15, -0.1) is 0 Å². The molecule has 1 heterocycles. The van der Waals surface area contributed by atoms with E-state index in [0.717, 1.165) is 10.8 Å². The second-order valence-corrected chi connectivity index (χ2v) is 6.47. The number of carbonyl (C=O) groups is 1. The summed E-state index contributed by atoms with van der Waals surface area (Å²) in [6.45, 7) is 5.20. The Kier molecular flexibility index (Phi) is 4.67. The van der Waals surface area contributed by atoms with E-state index in [1.165, 1.54) is 4.90 Å². The van der Waals surface area contributed by atoms with E-state index < -0.39 is 11.7 Å². The summed E-state index contributed by atoms with van der Waals surface area (Å²) < 4.78 is 5.96. The van der Waals surface area contributed by atoms with Gasteiger partial charge in [0.25, 0.3) is 0 Å². The number of aromatic nitrogens is 1. The van der Waals surface area contributed by atoms with Crippen LogP contribution >= 0.6 is 15.9 Å². The van der Waals surface area contributed by atoms with E-state index >= 15 is 0 Å². The molecule has 1 amide bonds. The minimum atomic E-state index is -0.640. The van der Waals surface area contributed by atoms with E-state index in [4.69, 9.17) is 10.00 Å². The van der Waals surface area contributed by atoms with Crippen molar-refractivity contribution in [2.24, 2.45) is 0 Å². The number of fused-ring (bicyclic) bond motifs is 1. The van der Waals surface area contributed by atoms with Gasteiger partial charge in [-0.3, -0.25) is 0 Å². The lowest BCUT2D eigenvalue weighted by molar-refractivity contribution is 0.0584. The van der Waals surface area contributed by atoms with Crippen molar-refractivity contribution in [2.45, 2.75) is 26.4 Å². The molecular weight excluding hydrogens is 346 g/mol. The first-order valence-electron chi connectivity index (χ1n) is 6.74. The smallest absolute Gasteiger partial charge is 0.416 e. The van der Waals surface area contributed by atoms with Crippen molar-refractivity contribution in [3.63, 3.8) is 0 Å². The molecule has 0 saturated heterocycles. The summed E-state index contributed by atoms with van der Waals surface area (Å²) in [5.74, 6) is 0.376. The number of carbonyl (C=O) groups excluding carboxylic acids is 1. The molecule has 0 unspecified atom stereocenters. The molecule has 1 aromatic carbocycles. The van der Waals surface area contributed by atoms with Gasteiger partial charge in [0.05, 0.1) is 6.07 Å². The van der Waals surface area contributed by atoms with Crippen LogP contribution in [-0.4, -0.2) is 23.2 Å². The van der Waals surface area contributed by atoms with Gasteiger partial charge in [0.2, 0.25) is 0 Å². The van der Waals surface area contributed by atoms with Crippen molar-refractivity contribution >= 4 is 38.6 Å². The van der Waals surface area contributed by atoms with Crippen LogP contribution in [0.1, 0.15) is 20.8 Å². The molecule has 0 aliphatic heterocycles. The van der Waals surface area contributed by atoms with E-state index in [2.05, 4.69) is 20.9 Å². The molecule has 6 heteroatoms. The average molecular weight is 362 g/mol. The highest BCUT2D eigenvalue weighted by Gasteiger charge is 2.24. The molecule has 22 heavy (non-hydrogen) atoms. The summed E-state index contributed by atoms with van der Waals surface area (Å²) in [6, 6.07) is 11.4. The monoisotopic (exact) mass is 361 g/mol. The number of nitriles is 1. The first kappa shape index (κ1) is 16.2. The number of pyridine rings is 1. The van der Waals surface area contributed by atoms with E-state index in [0.29, 0.717) is 10.4 Å². The maximum absolute atomic E-state index is 12.3. The molecule has 0 bridgehead atoms. The normalized spacial score (nSPS) is 11.0. The fraction of sp³-hybridized carbons (Fsp3) is 0.312. The number of halogens is 1. The minimum Gasteiger partial charge on any atom is -0.443 e. The van der Waals surface area contributed by atoms with E-state index in [9.17, 15) is 4.79 Å². The predicted molar refractivity (Wildman–Crippen MR) is 88.6 cm³/mol. The zero-order chi connectivity index (χ0) is 16.3. The SMILES string of the molecule is CC(C)(C)OC(=O)N(CC#N)c1cc2ccccc2c(Br)n1. The van der Waals surface area contributed by atoms with Gasteiger partial charge in [0.1, 0.15) is 22.6 Å². The Bertz CT molecular complexity index is 747. The van der Waals surface area contributed by atoms with Gasteiger partial charge < -0.3 is 4.74 Å². The van der Waals surface area contributed by atoms with Crippen molar-refractivity contribution in [2.75, 3.05) is 11.4 Å². The molecule has 5 nitrogen and oxygen atoms in total. The van der Waals surface area contributed by atoms with Crippen LogP contribution in [0.4, 0.5) is 10.6 Å². The zero-order valence-corrected chi connectivity index (χ0v) is 14.2.